The Balaban J connectivity index is 2.80. The minimum Gasteiger partial charge on any atom is -0.394 e. The van der Waals surface area contributed by atoms with E-state index in [1.165, 1.54) is 0 Å². The largest absolute Gasteiger partial charge is 0.394 e. The van der Waals surface area contributed by atoms with Crippen LogP contribution in [-0.4, -0.2) is 48.2 Å². The molecule has 0 aromatic rings. The van der Waals surface area contributed by atoms with Gasteiger partial charge in [0.25, 0.3) is 0 Å². The molecule has 82 valence electrons. The number of nitrogens with one attached hydrogen (secondary N) is 1. The van der Waals surface area contributed by atoms with Crippen LogP contribution in [0.25, 0.3) is 0 Å². The van der Waals surface area contributed by atoms with Gasteiger partial charge in [-0.3, -0.25) is 9.69 Å². The third-order valence-corrected chi connectivity index (χ3v) is 2.69. The zero-order valence-electron chi connectivity index (χ0n) is 9.21. The van der Waals surface area contributed by atoms with Crippen LogP contribution < -0.4 is 5.32 Å². The van der Waals surface area contributed by atoms with E-state index in [-0.39, 0.29) is 24.0 Å². The van der Waals surface area contributed by atoms with Gasteiger partial charge in [-0.25, -0.2) is 0 Å². The first-order valence-corrected chi connectivity index (χ1v) is 5.13. The fourth-order valence-corrected chi connectivity index (χ4v) is 1.86. The monoisotopic (exact) mass is 200 g/mol. The van der Waals surface area contributed by atoms with Gasteiger partial charge in [-0.15, -0.1) is 0 Å². The van der Waals surface area contributed by atoms with Crippen molar-refractivity contribution in [3.8, 4) is 0 Å². The minimum atomic E-state index is -0.373. The zero-order chi connectivity index (χ0) is 10.8. The molecular weight excluding hydrogens is 180 g/mol. The fourth-order valence-electron chi connectivity index (χ4n) is 1.86. The first-order chi connectivity index (χ1) is 6.50. The number of carbonyl (C=O) groups is 1. The molecule has 0 saturated carbocycles. The molecule has 0 aromatic carbocycles. The van der Waals surface area contributed by atoms with Gasteiger partial charge < -0.3 is 10.4 Å². The highest BCUT2D eigenvalue weighted by Crippen LogP contribution is 2.20. The van der Waals surface area contributed by atoms with E-state index in [2.05, 4.69) is 19.2 Å². The van der Waals surface area contributed by atoms with E-state index in [4.69, 9.17) is 5.11 Å². The summed E-state index contributed by atoms with van der Waals surface area (Å²) < 4.78 is 0. The SMILES string of the molecule is CCN1CC(C)(C)CNC(=O)C1CO. The molecule has 0 aliphatic carbocycles. The van der Waals surface area contributed by atoms with Crippen molar-refractivity contribution in [3.05, 3.63) is 0 Å². The van der Waals surface area contributed by atoms with Gasteiger partial charge in [-0.1, -0.05) is 20.8 Å². The minimum absolute atomic E-state index is 0.0556. The summed E-state index contributed by atoms with van der Waals surface area (Å²) in [7, 11) is 0. The van der Waals surface area contributed by atoms with E-state index in [1.54, 1.807) is 0 Å². The van der Waals surface area contributed by atoms with E-state index in [0.29, 0.717) is 6.54 Å². The van der Waals surface area contributed by atoms with E-state index in [9.17, 15) is 4.79 Å². The van der Waals surface area contributed by atoms with E-state index < -0.39 is 0 Å². The number of aliphatic hydroxyl groups is 1. The second-order valence-electron chi connectivity index (χ2n) is 4.64. The van der Waals surface area contributed by atoms with Crippen LogP contribution in [0.2, 0.25) is 0 Å². The third kappa shape index (κ3) is 2.45. The predicted molar refractivity (Wildman–Crippen MR) is 54.9 cm³/mol. The van der Waals surface area contributed by atoms with Crippen LogP contribution >= 0.6 is 0 Å². The van der Waals surface area contributed by atoms with Gasteiger partial charge in [0, 0.05) is 13.1 Å². The molecule has 1 aliphatic heterocycles. The van der Waals surface area contributed by atoms with Crippen LogP contribution in [0, 0.1) is 5.41 Å². The lowest BCUT2D eigenvalue weighted by molar-refractivity contribution is -0.126. The molecular formula is C10H20N2O2. The maximum absolute atomic E-state index is 11.6. The Kier molecular flexibility index (Phi) is 3.50. The highest BCUT2D eigenvalue weighted by Gasteiger charge is 2.33. The molecule has 1 rings (SSSR count). The summed E-state index contributed by atoms with van der Waals surface area (Å²) in [4.78, 5) is 13.6. The highest BCUT2D eigenvalue weighted by atomic mass is 16.3. The summed E-state index contributed by atoms with van der Waals surface area (Å²) in [6, 6.07) is -0.373. The van der Waals surface area contributed by atoms with E-state index in [0.717, 1.165) is 13.1 Å². The number of likely N-dealkylation sites (N-methyl/N-ethyl adjacent to an activating group) is 1. The summed E-state index contributed by atoms with van der Waals surface area (Å²) in [5, 5.41) is 12.0. The van der Waals surface area contributed by atoms with Crippen molar-refractivity contribution in [1.82, 2.24) is 10.2 Å². The average molecular weight is 200 g/mol. The molecule has 1 amide bonds. The molecule has 0 bridgehead atoms. The Bertz CT molecular complexity index is 216. The zero-order valence-corrected chi connectivity index (χ0v) is 9.21. The second-order valence-corrected chi connectivity index (χ2v) is 4.64. The lowest BCUT2D eigenvalue weighted by Gasteiger charge is -2.30. The molecule has 4 nitrogen and oxygen atoms in total. The number of nitrogens with zero attached hydrogens (tertiary/aromatic N) is 1. The summed E-state index contributed by atoms with van der Waals surface area (Å²) in [5.74, 6) is -0.0556. The average Bonchev–Trinajstić information content (AvgIpc) is 2.24. The van der Waals surface area contributed by atoms with Gasteiger partial charge in [0.15, 0.2) is 0 Å². The van der Waals surface area contributed by atoms with Gasteiger partial charge in [0.1, 0.15) is 6.04 Å². The summed E-state index contributed by atoms with van der Waals surface area (Å²) in [5.41, 5.74) is 0.0790. The van der Waals surface area contributed by atoms with Crippen LogP contribution in [0.3, 0.4) is 0 Å². The van der Waals surface area contributed by atoms with Gasteiger partial charge in [0.2, 0.25) is 5.91 Å². The normalized spacial score (nSPS) is 28.3. The van der Waals surface area contributed by atoms with Crippen molar-refractivity contribution in [3.63, 3.8) is 0 Å². The molecule has 1 unspecified atom stereocenters. The first-order valence-electron chi connectivity index (χ1n) is 5.13. The van der Waals surface area contributed by atoms with E-state index >= 15 is 0 Å². The van der Waals surface area contributed by atoms with Crippen molar-refractivity contribution in [2.45, 2.75) is 26.8 Å². The van der Waals surface area contributed by atoms with Crippen molar-refractivity contribution in [2.24, 2.45) is 5.41 Å². The molecule has 2 N–H and O–H groups in total. The smallest absolute Gasteiger partial charge is 0.239 e. The summed E-state index contributed by atoms with van der Waals surface area (Å²) in [6.45, 7) is 8.47. The molecule has 1 aliphatic rings. The fraction of sp³-hybridized carbons (Fsp3) is 0.900. The van der Waals surface area contributed by atoms with Crippen molar-refractivity contribution < 1.29 is 9.90 Å². The molecule has 1 saturated heterocycles. The number of aliphatic hydroxyl groups excluding tert-OH is 1. The molecule has 0 spiro atoms. The maximum atomic E-state index is 11.6. The Morgan fingerprint density at radius 3 is 2.79 bits per heavy atom. The maximum Gasteiger partial charge on any atom is 0.239 e. The number of amides is 1. The Hall–Kier alpha value is -0.610. The molecule has 4 heteroatoms. The number of rotatable bonds is 2. The van der Waals surface area contributed by atoms with Gasteiger partial charge >= 0.3 is 0 Å². The number of hydrogen-bond acceptors (Lipinski definition) is 3. The molecule has 0 radical (unpaired) electrons. The van der Waals surface area contributed by atoms with Crippen molar-refractivity contribution >= 4 is 5.91 Å². The Labute approximate surface area is 85.3 Å². The van der Waals surface area contributed by atoms with Crippen molar-refractivity contribution in [1.29, 1.82) is 0 Å². The van der Waals surface area contributed by atoms with Crippen LogP contribution in [0.5, 0.6) is 0 Å². The van der Waals surface area contributed by atoms with Crippen LogP contribution in [0.4, 0.5) is 0 Å². The third-order valence-electron chi connectivity index (χ3n) is 2.69. The number of carbonyl (C=O) groups excluding carboxylic acids is 1. The van der Waals surface area contributed by atoms with Crippen LogP contribution in [0.1, 0.15) is 20.8 Å². The van der Waals surface area contributed by atoms with Gasteiger partial charge in [0.05, 0.1) is 6.61 Å². The first kappa shape index (κ1) is 11.5. The Morgan fingerprint density at radius 1 is 1.64 bits per heavy atom. The molecule has 14 heavy (non-hydrogen) atoms. The van der Waals surface area contributed by atoms with Crippen LogP contribution in [0.15, 0.2) is 0 Å². The quantitative estimate of drug-likeness (QED) is 0.650. The molecule has 0 aromatic heterocycles. The predicted octanol–water partition coefficient (Wildman–Crippen LogP) is -0.175. The van der Waals surface area contributed by atoms with Crippen LogP contribution in [-0.2, 0) is 4.79 Å². The Morgan fingerprint density at radius 2 is 2.29 bits per heavy atom. The van der Waals surface area contributed by atoms with Gasteiger partial charge in [-0.05, 0) is 12.0 Å². The summed E-state index contributed by atoms with van der Waals surface area (Å²) >= 11 is 0. The molecule has 1 heterocycles. The number of hydrogen-bond donors (Lipinski definition) is 2. The van der Waals surface area contributed by atoms with Crippen molar-refractivity contribution in [2.75, 3.05) is 26.2 Å². The second kappa shape index (κ2) is 4.28. The molecule has 1 fully saturated rings. The standard InChI is InChI=1S/C10H20N2O2/c1-4-12-7-10(2,3)6-11-9(14)8(12)5-13/h8,13H,4-7H2,1-3H3,(H,11,14). The highest BCUT2D eigenvalue weighted by molar-refractivity contribution is 5.82. The van der Waals surface area contributed by atoms with E-state index in [1.807, 2.05) is 11.8 Å². The molecule has 1 atom stereocenters. The summed E-state index contributed by atoms with van der Waals surface area (Å²) in [6.07, 6.45) is 0. The lowest BCUT2D eigenvalue weighted by Crippen LogP contribution is -2.46. The lowest BCUT2D eigenvalue weighted by atomic mass is 9.93. The van der Waals surface area contributed by atoms with Gasteiger partial charge in [-0.2, -0.15) is 0 Å². The topological polar surface area (TPSA) is 52.6 Å².